The third kappa shape index (κ3) is 6.46. The van der Waals surface area contributed by atoms with E-state index in [2.05, 4.69) is 72.0 Å². The summed E-state index contributed by atoms with van der Waals surface area (Å²) < 4.78 is 23.5. The molecule has 2 rings (SSSR count). The van der Waals surface area contributed by atoms with Crippen molar-refractivity contribution in [2.24, 2.45) is 11.3 Å². The minimum absolute atomic E-state index is 0.0843. The monoisotopic (exact) mass is 560 g/mol. The van der Waals surface area contributed by atoms with Crippen LogP contribution in [0, 0.1) is 18.3 Å². The van der Waals surface area contributed by atoms with Crippen LogP contribution in [0.3, 0.4) is 0 Å². The summed E-state index contributed by atoms with van der Waals surface area (Å²) in [6.45, 7) is 24.9. The second kappa shape index (κ2) is 12.0. The lowest BCUT2D eigenvalue weighted by Crippen LogP contribution is -2.47. The Kier molecular flexibility index (Phi) is 10.3. The highest BCUT2D eigenvalue weighted by Crippen LogP contribution is 2.47. The third-order valence-electron chi connectivity index (χ3n) is 8.15. The summed E-state index contributed by atoms with van der Waals surface area (Å²) in [7, 11) is 3.83. The summed E-state index contributed by atoms with van der Waals surface area (Å²) in [5.74, 6) is 0.491. The van der Waals surface area contributed by atoms with E-state index in [0.29, 0.717) is 17.7 Å². The van der Waals surface area contributed by atoms with Crippen molar-refractivity contribution in [1.29, 1.82) is 0 Å². The molecular weight excluding hydrogens is 512 g/mol. The Labute approximate surface area is 235 Å². The van der Waals surface area contributed by atoms with Crippen LogP contribution in [0.25, 0.3) is 0 Å². The maximum atomic E-state index is 13.2. The smallest absolute Gasteiger partial charge is 0.341 e. The summed E-state index contributed by atoms with van der Waals surface area (Å²) in [5, 5.41) is 11.4. The zero-order valence-corrected chi connectivity index (χ0v) is 27.7. The largest absolute Gasteiger partial charge is 0.496 e. The Hall–Kier alpha value is -1.46. The van der Waals surface area contributed by atoms with Gasteiger partial charge in [-0.3, -0.25) is 0 Å². The van der Waals surface area contributed by atoms with E-state index in [1.807, 2.05) is 26.9 Å². The summed E-state index contributed by atoms with van der Waals surface area (Å²) in [5.41, 5.74) is 3.80. The predicted molar refractivity (Wildman–Crippen MR) is 155 cm³/mol. The number of esters is 1. The number of carbonyl (C=O) groups is 1. The quantitative estimate of drug-likeness (QED) is 0.200. The zero-order chi connectivity index (χ0) is 29.4. The molecule has 0 amide bonds. The Balaban J connectivity index is 2.54. The first-order valence-electron chi connectivity index (χ1n) is 13.4. The lowest BCUT2D eigenvalue weighted by Gasteiger charge is -2.45. The van der Waals surface area contributed by atoms with Crippen molar-refractivity contribution in [2.45, 2.75) is 119 Å². The number of cyclic esters (lactones) is 1. The summed E-state index contributed by atoms with van der Waals surface area (Å²) >= 11 is 0. The van der Waals surface area contributed by atoms with E-state index in [0.717, 1.165) is 34.2 Å². The standard InChI is InChI=1S/C30H48O6Si2/c1-17(14-15-18(2)30(10,36-37)29(7,8)9)21(31)16-20-24(28(4,5)6)23-22(19(3)25(20)33-11)27(34-26(23)32)35-38(12)13/h14,18,21,27,31H,15-16H2,1-13H3. The van der Waals surface area contributed by atoms with Crippen LogP contribution in [0.1, 0.15) is 108 Å². The van der Waals surface area contributed by atoms with Gasteiger partial charge in [-0.25, -0.2) is 4.79 Å². The molecule has 0 aromatic heterocycles. The molecule has 6 nitrogen and oxygen atoms in total. The van der Waals surface area contributed by atoms with Gasteiger partial charge in [0.2, 0.25) is 25.8 Å². The Morgan fingerprint density at radius 3 is 2.21 bits per heavy atom. The lowest BCUT2D eigenvalue weighted by molar-refractivity contribution is -0.0546. The van der Waals surface area contributed by atoms with Gasteiger partial charge in [-0.2, -0.15) is 0 Å². The first-order chi connectivity index (χ1) is 17.3. The number of benzene rings is 1. The van der Waals surface area contributed by atoms with Crippen molar-refractivity contribution in [2.75, 3.05) is 7.11 Å². The van der Waals surface area contributed by atoms with Gasteiger partial charge in [-0.1, -0.05) is 54.5 Å². The number of carbonyl (C=O) groups excluding carboxylic acids is 1. The fourth-order valence-electron chi connectivity index (χ4n) is 5.32. The first-order valence-corrected chi connectivity index (χ1v) is 16.2. The first kappa shape index (κ1) is 32.8. The van der Waals surface area contributed by atoms with E-state index < -0.39 is 32.5 Å². The van der Waals surface area contributed by atoms with Gasteiger partial charge in [0.05, 0.1) is 24.4 Å². The molecule has 1 N–H and O–H groups in total. The molecule has 1 aromatic carbocycles. The van der Waals surface area contributed by atoms with E-state index in [1.165, 1.54) is 0 Å². The molecule has 0 bridgehead atoms. The number of aliphatic hydroxyl groups excluding tert-OH is 1. The molecule has 0 saturated heterocycles. The van der Waals surface area contributed by atoms with E-state index in [1.54, 1.807) is 7.11 Å². The Morgan fingerprint density at radius 1 is 1.18 bits per heavy atom. The number of ether oxygens (including phenoxy) is 2. The fourth-order valence-corrected chi connectivity index (χ4v) is 6.43. The molecular formula is C30H48O6Si2. The normalized spacial score (nSPS) is 19.7. The number of allylic oxidation sites excluding steroid dienone is 1. The molecule has 4 atom stereocenters. The van der Waals surface area contributed by atoms with Crippen LogP contribution in [0.5, 0.6) is 5.75 Å². The average molecular weight is 561 g/mol. The number of hydrogen-bond donors (Lipinski definition) is 1. The van der Waals surface area contributed by atoms with Gasteiger partial charge >= 0.3 is 5.97 Å². The van der Waals surface area contributed by atoms with Crippen molar-refractivity contribution >= 4 is 25.5 Å². The van der Waals surface area contributed by atoms with Crippen molar-refractivity contribution in [1.82, 2.24) is 0 Å². The van der Waals surface area contributed by atoms with Crippen LogP contribution in [-0.4, -0.2) is 49.4 Å². The van der Waals surface area contributed by atoms with Crippen LogP contribution in [0.15, 0.2) is 11.6 Å². The van der Waals surface area contributed by atoms with E-state index in [-0.39, 0.29) is 17.3 Å². The average Bonchev–Trinajstić information content (AvgIpc) is 3.09. The number of fused-ring (bicyclic) bond motifs is 1. The SMILES string of the molecule is COc1c(C)c2c(c(C(C)(C)C)c1CC(O)C(C)=CCC(C)C(C)(O[Si])C(C)(C)C)C(=O)OC2O[Si](C)C. The van der Waals surface area contributed by atoms with Gasteiger partial charge in [-0.15, -0.1) is 0 Å². The van der Waals surface area contributed by atoms with Gasteiger partial charge in [0.15, 0.2) is 0 Å². The Bertz CT molecular complexity index is 1050. The minimum atomic E-state index is -1.12. The summed E-state index contributed by atoms with van der Waals surface area (Å²) in [4.78, 5) is 13.2. The highest BCUT2D eigenvalue weighted by atomic mass is 28.3. The van der Waals surface area contributed by atoms with Crippen molar-refractivity contribution in [3.63, 3.8) is 0 Å². The van der Waals surface area contributed by atoms with E-state index >= 15 is 0 Å². The van der Waals surface area contributed by atoms with Crippen LogP contribution in [0.4, 0.5) is 0 Å². The second-order valence-corrected chi connectivity index (χ2v) is 15.3. The molecule has 1 aromatic rings. The van der Waals surface area contributed by atoms with Gasteiger partial charge in [0.25, 0.3) is 0 Å². The van der Waals surface area contributed by atoms with Gasteiger partial charge in [0, 0.05) is 23.1 Å². The molecule has 0 spiro atoms. The second-order valence-electron chi connectivity index (χ2n) is 13.1. The predicted octanol–water partition coefficient (Wildman–Crippen LogP) is 6.52. The molecule has 0 fully saturated rings. The van der Waals surface area contributed by atoms with Gasteiger partial charge in [-0.05, 0) is 68.2 Å². The van der Waals surface area contributed by atoms with Crippen LogP contribution >= 0.6 is 0 Å². The fraction of sp³-hybridized carbons (Fsp3) is 0.700. The van der Waals surface area contributed by atoms with Crippen LogP contribution in [-0.2, 0) is 25.4 Å². The van der Waals surface area contributed by atoms with Crippen LogP contribution in [0.2, 0.25) is 13.1 Å². The summed E-state index contributed by atoms with van der Waals surface area (Å²) in [6.07, 6.45) is 1.69. The Morgan fingerprint density at radius 2 is 1.76 bits per heavy atom. The minimum Gasteiger partial charge on any atom is -0.496 e. The number of aliphatic hydroxyl groups is 1. The molecule has 0 aliphatic carbocycles. The molecule has 4 unspecified atom stereocenters. The van der Waals surface area contributed by atoms with Gasteiger partial charge in [0.1, 0.15) is 5.75 Å². The van der Waals surface area contributed by atoms with Crippen LogP contribution < -0.4 is 4.74 Å². The highest BCUT2D eigenvalue weighted by molar-refractivity contribution is 6.48. The molecule has 212 valence electrons. The number of hydrogen-bond acceptors (Lipinski definition) is 6. The molecule has 1 aliphatic rings. The molecule has 1 heterocycles. The maximum absolute atomic E-state index is 13.2. The van der Waals surface area contributed by atoms with Crippen molar-refractivity contribution in [3.05, 3.63) is 39.5 Å². The molecule has 4 radical (unpaired) electrons. The van der Waals surface area contributed by atoms with Crippen molar-refractivity contribution in [3.8, 4) is 5.75 Å². The van der Waals surface area contributed by atoms with E-state index in [4.69, 9.17) is 18.3 Å². The van der Waals surface area contributed by atoms with Gasteiger partial charge < -0.3 is 23.4 Å². The zero-order valence-electron chi connectivity index (χ0n) is 25.7. The number of rotatable bonds is 10. The summed E-state index contributed by atoms with van der Waals surface area (Å²) in [6, 6.07) is 0. The lowest BCUT2D eigenvalue weighted by atomic mass is 9.69. The third-order valence-corrected chi connectivity index (χ3v) is 9.26. The molecule has 1 aliphatic heterocycles. The molecule has 8 heteroatoms. The number of methoxy groups -OCH3 is 1. The van der Waals surface area contributed by atoms with E-state index in [9.17, 15) is 9.90 Å². The molecule has 38 heavy (non-hydrogen) atoms. The highest BCUT2D eigenvalue weighted by Gasteiger charge is 2.43. The maximum Gasteiger partial charge on any atom is 0.341 e. The van der Waals surface area contributed by atoms with Crippen molar-refractivity contribution < 1.29 is 28.2 Å². The molecule has 0 saturated carbocycles. The topological polar surface area (TPSA) is 74.2 Å².